The van der Waals surface area contributed by atoms with Crippen molar-refractivity contribution in [1.29, 1.82) is 0 Å². The lowest BCUT2D eigenvalue weighted by Gasteiger charge is -2.05. The predicted octanol–water partition coefficient (Wildman–Crippen LogP) is 2.99. The molecule has 130 valence electrons. The van der Waals surface area contributed by atoms with Crippen molar-refractivity contribution < 1.29 is 18.3 Å². The molecule has 0 aliphatic carbocycles. The number of hydrogen-bond donors (Lipinski definition) is 1. The molecule has 0 fully saturated rings. The predicted molar refractivity (Wildman–Crippen MR) is 91.2 cm³/mol. The third-order valence-corrected chi connectivity index (χ3v) is 3.76. The topological polar surface area (TPSA) is 73.5 Å². The van der Waals surface area contributed by atoms with E-state index >= 15 is 0 Å². The molecule has 0 atom stereocenters. The maximum Gasteiger partial charge on any atom is 0.428 e. The zero-order valence-corrected chi connectivity index (χ0v) is 13.6. The van der Waals surface area contributed by atoms with Crippen molar-refractivity contribution in [3.8, 4) is 11.1 Å². The summed E-state index contributed by atoms with van der Waals surface area (Å²) in [7, 11) is 1.58. The summed E-state index contributed by atoms with van der Waals surface area (Å²) in [6.45, 7) is 0.905. The van der Waals surface area contributed by atoms with Crippen LogP contribution < -0.4 is 11.1 Å². The van der Waals surface area contributed by atoms with E-state index in [1.54, 1.807) is 37.4 Å². The molecule has 6 nitrogen and oxygen atoms in total. The molecule has 1 amide bonds. The zero-order valence-electron chi connectivity index (χ0n) is 13.6. The highest BCUT2D eigenvalue weighted by molar-refractivity contribution is 5.90. The van der Waals surface area contributed by atoms with Gasteiger partial charge >= 0.3 is 11.8 Å². The first kappa shape index (κ1) is 16.9. The minimum atomic E-state index is -0.754. The van der Waals surface area contributed by atoms with E-state index in [-0.39, 0.29) is 5.82 Å². The number of fused-ring (bicyclic) bond motifs is 1. The molecule has 3 aromatic rings. The summed E-state index contributed by atoms with van der Waals surface area (Å²) in [5, 5.41) is 2.65. The Labute approximate surface area is 142 Å². The van der Waals surface area contributed by atoms with Crippen molar-refractivity contribution in [2.45, 2.75) is 6.42 Å². The van der Waals surface area contributed by atoms with Crippen molar-refractivity contribution in [2.24, 2.45) is 0 Å². The van der Waals surface area contributed by atoms with Gasteiger partial charge in [-0.25, -0.2) is 14.0 Å². The molecule has 25 heavy (non-hydrogen) atoms. The molecule has 1 aromatic heterocycles. The maximum atomic E-state index is 13.0. The standard InChI is InChI=1S/C18H17FN2O4/c1-24-10-2-9-20-17(22)21-15-8-5-13(11-16(15)25-18(21)23)12-3-6-14(19)7-4-12/h3-8,11H,2,9-10H2,1H3,(H,20,22). The third kappa shape index (κ3) is 3.61. The van der Waals surface area contributed by atoms with Crippen LogP contribution in [0, 0.1) is 5.82 Å². The number of carbonyl (C=O) groups excluding carboxylic acids is 1. The van der Waals surface area contributed by atoms with E-state index in [1.165, 1.54) is 12.1 Å². The summed E-state index contributed by atoms with van der Waals surface area (Å²) in [4.78, 5) is 24.2. The molecule has 0 saturated heterocycles. The second-order valence-corrected chi connectivity index (χ2v) is 5.47. The minimum Gasteiger partial charge on any atom is -0.407 e. The molecular formula is C18H17FN2O4. The van der Waals surface area contributed by atoms with Gasteiger partial charge in [0, 0.05) is 20.3 Å². The van der Waals surface area contributed by atoms with Crippen LogP contribution in [0.1, 0.15) is 6.42 Å². The smallest absolute Gasteiger partial charge is 0.407 e. The summed E-state index contributed by atoms with van der Waals surface area (Å²) in [5.74, 6) is -1.08. The quantitative estimate of drug-likeness (QED) is 0.722. The Morgan fingerprint density at radius 3 is 2.64 bits per heavy atom. The van der Waals surface area contributed by atoms with Crippen molar-refractivity contribution in [2.75, 3.05) is 20.3 Å². The Balaban J connectivity index is 1.89. The lowest BCUT2D eigenvalue weighted by molar-refractivity contribution is 0.193. The number of oxazole rings is 1. The number of carbonyl (C=O) groups is 1. The van der Waals surface area contributed by atoms with Gasteiger partial charge in [0.15, 0.2) is 5.58 Å². The molecule has 0 bridgehead atoms. The van der Waals surface area contributed by atoms with Gasteiger partial charge in [0.2, 0.25) is 0 Å². The van der Waals surface area contributed by atoms with Crippen LogP contribution in [0.5, 0.6) is 0 Å². The number of aromatic nitrogens is 1. The van der Waals surface area contributed by atoms with Crippen molar-refractivity contribution in [3.05, 3.63) is 58.8 Å². The summed E-state index contributed by atoms with van der Waals surface area (Å²) >= 11 is 0. The molecular weight excluding hydrogens is 327 g/mol. The van der Waals surface area contributed by atoms with Crippen molar-refractivity contribution in [1.82, 2.24) is 9.88 Å². The van der Waals surface area contributed by atoms with Crippen LogP contribution in [-0.2, 0) is 4.74 Å². The van der Waals surface area contributed by atoms with E-state index < -0.39 is 11.8 Å². The highest BCUT2D eigenvalue weighted by Crippen LogP contribution is 2.24. The lowest BCUT2D eigenvalue weighted by Crippen LogP contribution is -2.35. The number of hydrogen-bond acceptors (Lipinski definition) is 4. The van der Waals surface area contributed by atoms with Gasteiger partial charge in [-0.3, -0.25) is 0 Å². The van der Waals surface area contributed by atoms with Gasteiger partial charge in [-0.05, 0) is 41.8 Å². The van der Waals surface area contributed by atoms with E-state index in [0.29, 0.717) is 30.7 Å². The number of benzene rings is 2. The van der Waals surface area contributed by atoms with E-state index in [4.69, 9.17) is 9.15 Å². The van der Waals surface area contributed by atoms with Gasteiger partial charge in [0.1, 0.15) is 5.82 Å². The highest BCUT2D eigenvalue weighted by Gasteiger charge is 2.16. The van der Waals surface area contributed by atoms with Gasteiger partial charge in [-0.15, -0.1) is 0 Å². The average molecular weight is 344 g/mol. The number of methoxy groups -OCH3 is 1. The molecule has 3 rings (SSSR count). The number of amides is 1. The molecule has 1 N–H and O–H groups in total. The summed E-state index contributed by atoms with van der Waals surface area (Å²) in [6.07, 6.45) is 0.640. The fraction of sp³-hybridized carbons (Fsp3) is 0.222. The van der Waals surface area contributed by atoms with Crippen LogP contribution in [-0.4, -0.2) is 30.9 Å². The first-order valence-electron chi connectivity index (χ1n) is 7.79. The van der Waals surface area contributed by atoms with Crippen LogP contribution in [0.25, 0.3) is 22.2 Å². The molecule has 2 aromatic carbocycles. The Kier molecular flexibility index (Phi) is 4.95. The van der Waals surface area contributed by atoms with Crippen LogP contribution in [0.15, 0.2) is 51.7 Å². The number of halogens is 1. The number of nitrogens with one attached hydrogen (secondary N) is 1. The van der Waals surface area contributed by atoms with Gasteiger partial charge in [0.05, 0.1) is 5.52 Å². The molecule has 0 unspecified atom stereocenters. The largest absolute Gasteiger partial charge is 0.428 e. The zero-order chi connectivity index (χ0) is 17.8. The van der Waals surface area contributed by atoms with E-state index in [0.717, 1.165) is 15.7 Å². The fourth-order valence-corrected chi connectivity index (χ4v) is 2.52. The molecule has 0 radical (unpaired) electrons. The van der Waals surface area contributed by atoms with E-state index in [2.05, 4.69) is 5.32 Å². The van der Waals surface area contributed by atoms with Gasteiger partial charge in [-0.1, -0.05) is 18.2 Å². The first-order valence-corrected chi connectivity index (χ1v) is 7.79. The molecule has 7 heteroatoms. The number of rotatable bonds is 5. The van der Waals surface area contributed by atoms with E-state index in [9.17, 15) is 14.0 Å². The highest BCUT2D eigenvalue weighted by atomic mass is 19.1. The molecule has 0 spiro atoms. The molecule has 0 saturated carbocycles. The summed E-state index contributed by atoms with van der Waals surface area (Å²) in [5.41, 5.74) is 2.20. The number of ether oxygens (including phenoxy) is 1. The average Bonchev–Trinajstić information content (AvgIpc) is 2.94. The minimum absolute atomic E-state index is 0.291. The number of nitrogens with zero attached hydrogens (tertiary/aromatic N) is 1. The van der Waals surface area contributed by atoms with Crippen LogP contribution >= 0.6 is 0 Å². The summed E-state index contributed by atoms with van der Waals surface area (Å²) in [6, 6.07) is 10.5. The van der Waals surface area contributed by atoms with Gasteiger partial charge < -0.3 is 14.5 Å². The second kappa shape index (κ2) is 7.31. The second-order valence-electron chi connectivity index (χ2n) is 5.47. The monoisotopic (exact) mass is 344 g/mol. The van der Waals surface area contributed by atoms with Gasteiger partial charge in [-0.2, -0.15) is 4.57 Å². The van der Waals surface area contributed by atoms with Crippen LogP contribution in [0.2, 0.25) is 0 Å². The van der Waals surface area contributed by atoms with Crippen LogP contribution in [0.4, 0.5) is 9.18 Å². The lowest BCUT2D eigenvalue weighted by atomic mass is 10.1. The van der Waals surface area contributed by atoms with E-state index in [1.807, 2.05) is 0 Å². The Hall–Kier alpha value is -2.93. The molecule has 0 aliphatic heterocycles. The Morgan fingerprint density at radius 1 is 1.20 bits per heavy atom. The Morgan fingerprint density at radius 2 is 1.92 bits per heavy atom. The summed E-state index contributed by atoms with van der Waals surface area (Å²) < 4.78 is 24.1. The van der Waals surface area contributed by atoms with Gasteiger partial charge in [0.25, 0.3) is 0 Å². The maximum absolute atomic E-state index is 13.0. The van der Waals surface area contributed by atoms with Crippen molar-refractivity contribution >= 4 is 17.1 Å². The molecule has 1 heterocycles. The SMILES string of the molecule is COCCCNC(=O)n1c(=O)oc2cc(-c3ccc(F)cc3)ccc21. The fourth-order valence-electron chi connectivity index (χ4n) is 2.52. The molecule has 0 aliphatic rings. The van der Waals surface area contributed by atoms with Crippen molar-refractivity contribution in [3.63, 3.8) is 0 Å². The first-order chi connectivity index (χ1) is 12.1. The third-order valence-electron chi connectivity index (χ3n) is 3.76. The Bertz CT molecular complexity index is 944. The van der Waals surface area contributed by atoms with Crippen LogP contribution in [0.3, 0.4) is 0 Å². The normalized spacial score (nSPS) is 11.0.